The molecular weight excluding hydrogens is 278 g/mol. The summed E-state index contributed by atoms with van der Waals surface area (Å²) in [4.78, 5) is 13.9. The lowest BCUT2D eigenvalue weighted by Gasteiger charge is -2.27. The van der Waals surface area contributed by atoms with Crippen LogP contribution in [0.4, 0.5) is 5.69 Å². The molecular formula is C14H16BrNO. The molecule has 90 valence electrons. The number of amides is 1. The van der Waals surface area contributed by atoms with Crippen molar-refractivity contribution in [2.45, 2.75) is 38.0 Å². The SMILES string of the molecule is O=C1CCCCN1c1cc(Br)cc(C2CC2)c1. The van der Waals surface area contributed by atoms with E-state index in [9.17, 15) is 4.79 Å². The van der Waals surface area contributed by atoms with Gasteiger partial charge in [0, 0.05) is 23.1 Å². The van der Waals surface area contributed by atoms with E-state index in [0.29, 0.717) is 6.42 Å². The number of halogens is 1. The number of carbonyl (C=O) groups excluding carboxylic acids is 1. The van der Waals surface area contributed by atoms with Gasteiger partial charge in [-0.25, -0.2) is 0 Å². The Bertz CT molecular complexity index is 454. The average Bonchev–Trinajstić information content (AvgIpc) is 3.12. The van der Waals surface area contributed by atoms with Gasteiger partial charge in [-0.3, -0.25) is 4.79 Å². The third kappa shape index (κ3) is 2.39. The lowest BCUT2D eigenvalue weighted by molar-refractivity contribution is -0.119. The molecule has 0 radical (unpaired) electrons. The van der Waals surface area contributed by atoms with E-state index in [4.69, 9.17) is 0 Å². The Labute approximate surface area is 110 Å². The van der Waals surface area contributed by atoms with Crippen molar-refractivity contribution in [3.05, 3.63) is 28.2 Å². The van der Waals surface area contributed by atoms with Crippen molar-refractivity contribution in [2.75, 3.05) is 11.4 Å². The van der Waals surface area contributed by atoms with Gasteiger partial charge < -0.3 is 4.90 Å². The van der Waals surface area contributed by atoms with Crippen LogP contribution in [0.3, 0.4) is 0 Å². The highest BCUT2D eigenvalue weighted by Gasteiger charge is 2.26. The molecule has 17 heavy (non-hydrogen) atoms. The summed E-state index contributed by atoms with van der Waals surface area (Å²) in [6.45, 7) is 0.874. The Kier molecular flexibility index (Phi) is 2.95. The molecule has 1 saturated carbocycles. The zero-order valence-electron chi connectivity index (χ0n) is 9.79. The van der Waals surface area contributed by atoms with Gasteiger partial charge in [0.05, 0.1) is 0 Å². The van der Waals surface area contributed by atoms with E-state index in [2.05, 4.69) is 34.1 Å². The first-order chi connectivity index (χ1) is 8.24. The molecule has 3 rings (SSSR count). The summed E-state index contributed by atoms with van der Waals surface area (Å²) >= 11 is 3.56. The van der Waals surface area contributed by atoms with E-state index in [1.165, 1.54) is 18.4 Å². The third-order valence-electron chi connectivity index (χ3n) is 3.59. The molecule has 0 aromatic heterocycles. The highest BCUT2D eigenvalue weighted by atomic mass is 79.9. The van der Waals surface area contributed by atoms with E-state index in [1.807, 2.05) is 4.90 Å². The van der Waals surface area contributed by atoms with Crippen LogP contribution in [-0.4, -0.2) is 12.5 Å². The maximum absolute atomic E-state index is 11.9. The Morgan fingerprint density at radius 2 is 2.00 bits per heavy atom. The van der Waals surface area contributed by atoms with E-state index in [-0.39, 0.29) is 5.91 Å². The number of piperidine rings is 1. The molecule has 2 fully saturated rings. The highest BCUT2D eigenvalue weighted by Crippen LogP contribution is 2.42. The monoisotopic (exact) mass is 293 g/mol. The van der Waals surface area contributed by atoms with Gasteiger partial charge in [-0.05, 0) is 55.4 Å². The summed E-state index contributed by atoms with van der Waals surface area (Å²) in [6.07, 6.45) is 5.45. The number of hydrogen-bond acceptors (Lipinski definition) is 1. The van der Waals surface area contributed by atoms with Crippen LogP contribution >= 0.6 is 15.9 Å². The number of carbonyl (C=O) groups is 1. The summed E-state index contributed by atoms with van der Waals surface area (Å²) in [7, 11) is 0. The van der Waals surface area contributed by atoms with Crippen molar-refractivity contribution in [2.24, 2.45) is 0 Å². The molecule has 2 nitrogen and oxygen atoms in total. The first-order valence-electron chi connectivity index (χ1n) is 6.35. The molecule has 1 aromatic carbocycles. The summed E-state index contributed by atoms with van der Waals surface area (Å²) < 4.78 is 1.09. The molecule has 0 atom stereocenters. The smallest absolute Gasteiger partial charge is 0.226 e. The second kappa shape index (κ2) is 4.45. The molecule has 1 saturated heterocycles. The molecule has 1 aliphatic carbocycles. The van der Waals surface area contributed by atoms with Gasteiger partial charge in [-0.15, -0.1) is 0 Å². The summed E-state index contributed by atoms with van der Waals surface area (Å²) in [6, 6.07) is 6.45. The number of anilines is 1. The number of hydrogen-bond donors (Lipinski definition) is 0. The highest BCUT2D eigenvalue weighted by molar-refractivity contribution is 9.10. The first-order valence-corrected chi connectivity index (χ1v) is 7.14. The largest absolute Gasteiger partial charge is 0.312 e. The standard InChI is InChI=1S/C14H16BrNO/c15-12-7-11(10-4-5-10)8-13(9-12)16-6-2-1-3-14(16)17/h7-10H,1-6H2. The van der Waals surface area contributed by atoms with Gasteiger partial charge in [0.2, 0.25) is 5.91 Å². The topological polar surface area (TPSA) is 20.3 Å². The molecule has 2 aliphatic rings. The zero-order valence-corrected chi connectivity index (χ0v) is 11.4. The van der Waals surface area contributed by atoms with Crippen LogP contribution in [0, 0.1) is 0 Å². The summed E-state index contributed by atoms with van der Waals surface area (Å²) in [5.41, 5.74) is 2.46. The zero-order chi connectivity index (χ0) is 11.8. The van der Waals surface area contributed by atoms with Crippen LogP contribution in [0.15, 0.2) is 22.7 Å². The number of rotatable bonds is 2. The Morgan fingerprint density at radius 3 is 2.71 bits per heavy atom. The Hall–Kier alpha value is -0.830. The summed E-state index contributed by atoms with van der Waals surface area (Å²) in [5.74, 6) is 1.00. The minimum absolute atomic E-state index is 0.274. The Morgan fingerprint density at radius 1 is 1.18 bits per heavy atom. The van der Waals surface area contributed by atoms with E-state index in [0.717, 1.165) is 35.5 Å². The predicted octanol–water partition coefficient (Wildman–Crippen LogP) is 3.84. The fourth-order valence-corrected chi connectivity index (χ4v) is 2.98. The first kappa shape index (κ1) is 11.3. The lowest BCUT2D eigenvalue weighted by Crippen LogP contribution is -2.35. The fourth-order valence-electron chi connectivity index (χ4n) is 2.48. The minimum atomic E-state index is 0.274. The maximum atomic E-state index is 11.9. The van der Waals surface area contributed by atoms with E-state index < -0.39 is 0 Å². The number of nitrogens with zero attached hydrogens (tertiary/aromatic N) is 1. The van der Waals surface area contributed by atoms with Crippen molar-refractivity contribution in [1.29, 1.82) is 0 Å². The third-order valence-corrected chi connectivity index (χ3v) is 4.05. The van der Waals surface area contributed by atoms with Crippen LogP contribution in [-0.2, 0) is 4.79 Å². The van der Waals surface area contributed by atoms with Gasteiger partial charge in [0.25, 0.3) is 0 Å². The molecule has 1 amide bonds. The molecule has 0 spiro atoms. The van der Waals surface area contributed by atoms with Crippen LogP contribution in [0.25, 0.3) is 0 Å². The molecule has 0 unspecified atom stereocenters. The van der Waals surface area contributed by atoms with E-state index >= 15 is 0 Å². The normalized spacial score (nSPS) is 20.8. The Balaban J connectivity index is 1.92. The van der Waals surface area contributed by atoms with Gasteiger partial charge >= 0.3 is 0 Å². The maximum Gasteiger partial charge on any atom is 0.226 e. The van der Waals surface area contributed by atoms with Crippen LogP contribution in [0.5, 0.6) is 0 Å². The van der Waals surface area contributed by atoms with Crippen LogP contribution in [0.1, 0.15) is 43.6 Å². The molecule has 1 aromatic rings. The fraction of sp³-hybridized carbons (Fsp3) is 0.500. The average molecular weight is 294 g/mol. The second-order valence-corrected chi connectivity index (χ2v) is 5.94. The molecule has 1 heterocycles. The molecule has 0 bridgehead atoms. The van der Waals surface area contributed by atoms with Gasteiger partial charge in [0.1, 0.15) is 0 Å². The predicted molar refractivity (Wildman–Crippen MR) is 72.3 cm³/mol. The quantitative estimate of drug-likeness (QED) is 0.811. The summed E-state index contributed by atoms with van der Waals surface area (Å²) in [5, 5.41) is 0. The van der Waals surface area contributed by atoms with E-state index in [1.54, 1.807) is 0 Å². The molecule has 1 aliphatic heterocycles. The minimum Gasteiger partial charge on any atom is -0.312 e. The van der Waals surface area contributed by atoms with Crippen LogP contribution < -0.4 is 4.90 Å². The van der Waals surface area contributed by atoms with Crippen molar-refractivity contribution >= 4 is 27.5 Å². The van der Waals surface area contributed by atoms with Crippen molar-refractivity contribution in [3.8, 4) is 0 Å². The van der Waals surface area contributed by atoms with Gasteiger partial charge in [-0.1, -0.05) is 15.9 Å². The van der Waals surface area contributed by atoms with Crippen molar-refractivity contribution < 1.29 is 4.79 Å². The molecule has 0 N–H and O–H groups in total. The van der Waals surface area contributed by atoms with Crippen molar-refractivity contribution in [3.63, 3.8) is 0 Å². The lowest BCUT2D eigenvalue weighted by atomic mass is 10.1. The number of benzene rings is 1. The van der Waals surface area contributed by atoms with Gasteiger partial charge in [-0.2, -0.15) is 0 Å². The van der Waals surface area contributed by atoms with Gasteiger partial charge in [0.15, 0.2) is 0 Å². The second-order valence-electron chi connectivity index (χ2n) is 5.02. The van der Waals surface area contributed by atoms with Crippen molar-refractivity contribution in [1.82, 2.24) is 0 Å². The van der Waals surface area contributed by atoms with Crippen LogP contribution in [0.2, 0.25) is 0 Å². The molecule has 3 heteroatoms.